The Morgan fingerprint density at radius 3 is 2.47 bits per heavy atom. The Bertz CT molecular complexity index is 1060. The van der Waals surface area contributed by atoms with Gasteiger partial charge < -0.3 is 20.4 Å². The van der Waals surface area contributed by atoms with Crippen molar-refractivity contribution >= 4 is 17.3 Å². The summed E-state index contributed by atoms with van der Waals surface area (Å²) in [5.41, 5.74) is -1.35. The lowest BCUT2D eigenvalue weighted by Gasteiger charge is -2.45. The summed E-state index contributed by atoms with van der Waals surface area (Å²) in [7, 11) is 0. The minimum atomic E-state index is -2.44. The highest BCUT2D eigenvalue weighted by atomic mass is 16.3. The molecule has 3 aliphatic carbocycles. The number of aryl methyl sites for hydroxylation is 1. The topological polar surface area (TPSA) is 132 Å². The summed E-state index contributed by atoms with van der Waals surface area (Å²) in [4.78, 5) is 38.5. The molecule has 4 rings (SSSR count). The maximum absolute atomic E-state index is 13.3. The normalized spacial score (nSPS) is 28.2. The smallest absolute Gasteiger partial charge is 0.209 e. The third kappa shape index (κ3) is 2.51. The fourth-order valence-corrected chi connectivity index (χ4v) is 5.23. The van der Waals surface area contributed by atoms with Crippen LogP contribution in [0.1, 0.15) is 54.6 Å². The molecule has 0 fully saturated rings. The summed E-state index contributed by atoms with van der Waals surface area (Å²) in [6, 6.07) is 3.19. The minimum absolute atomic E-state index is 0.0498. The summed E-state index contributed by atoms with van der Waals surface area (Å²) in [5.74, 6) is -5.00. The molecule has 0 spiro atoms. The van der Waals surface area contributed by atoms with E-state index in [2.05, 4.69) is 0 Å². The maximum atomic E-state index is 13.3. The van der Waals surface area contributed by atoms with Gasteiger partial charge in [0.25, 0.3) is 0 Å². The zero-order valence-electron chi connectivity index (χ0n) is 16.9. The van der Waals surface area contributed by atoms with E-state index < -0.39 is 46.1 Å². The van der Waals surface area contributed by atoms with Gasteiger partial charge in [0.2, 0.25) is 5.78 Å². The first-order chi connectivity index (χ1) is 14.2. The van der Waals surface area contributed by atoms with Crippen molar-refractivity contribution in [3.63, 3.8) is 0 Å². The van der Waals surface area contributed by atoms with E-state index in [4.69, 9.17) is 0 Å². The third-order valence-corrected chi connectivity index (χ3v) is 6.78. The summed E-state index contributed by atoms with van der Waals surface area (Å²) in [5, 5.41) is 42.9. The number of carbonyl (C=O) groups is 3. The number of benzene rings is 1. The first-order valence-electron chi connectivity index (χ1n) is 10.2. The molecule has 0 saturated carbocycles. The van der Waals surface area contributed by atoms with Gasteiger partial charge in [-0.25, -0.2) is 0 Å². The average molecular weight is 412 g/mol. The lowest BCUT2D eigenvalue weighted by Crippen LogP contribution is -2.56. The van der Waals surface area contributed by atoms with Crippen LogP contribution < -0.4 is 0 Å². The van der Waals surface area contributed by atoms with E-state index in [0.29, 0.717) is 18.4 Å². The standard InChI is InChI=1S/C23H24O7/c1-3-10-5-6-15(25)18-13(10)8-11-7-12-9-16(26)19(14(24)4-2)22(29)23(12,30)21(28)17(11)20(18)27/h5-6,11-12,25-26,28,30H,3-4,7-9H2,1-2H3/t11-,12+,23+/m1/s1. The zero-order chi connectivity index (χ0) is 22.0. The van der Waals surface area contributed by atoms with Crippen molar-refractivity contribution in [2.45, 2.75) is 51.6 Å². The molecule has 3 atom stereocenters. The Morgan fingerprint density at radius 1 is 1.13 bits per heavy atom. The van der Waals surface area contributed by atoms with Crippen LogP contribution in [0.25, 0.3) is 0 Å². The molecule has 0 radical (unpaired) electrons. The Labute approximate surface area is 173 Å². The number of carbonyl (C=O) groups excluding carboxylic acids is 3. The van der Waals surface area contributed by atoms with Crippen molar-refractivity contribution in [3.8, 4) is 5.75 Å². The van der Waals surface area contributed by atoms with Crippen LogP contribution in [-0.2, 0) is 22.4 Å². The minimum Gasteiger partial charge on any atom is -0.511 e. The number of aliphatic hydroxyl groups is 3. The van der Waals surface area contributed by atoms with Gasteiger partial charge in [0, 0.05) is 24.3 Å². The van der Waals surface area contributed by atoms with Crippen molar-refractivity contribution in [2.24, 2.45) is 11.8 Å². The summed E-state index contributed by atoms with van der Waals surface area (Å²) < 4.78 is 0. The Hall–Kier alpha value is -2.93. The number of aliphatic hydroxyl groups excluding tert-OH is 2. The number of allylic oxidation sites excluding steroid dienone is 2. The van der Waals surface area contributed by atoms with Crippen LogP contribution in [0.4, 0.5) is 0 Å². The third-order valence-electron chi connectivity index (χ3n) is 6.78. The van der Waals surface area contributed by atoms with Crippen LogP contribution in [0.5, 0.6) is 5.75 Å². The van der Waals surface area contributed by atoms with Gasteiger partial charge >= 0.3 is 0 Å². The SMILES string of the molecule is CCC(=O)C1=C(O)C[C@@H]2C[C@@H]3Cc4c(CC)ccc(O)c4C(=O)C3=C(O)[C@]2(O)C1=O. The number of fused-ring (bicyclic) bond motifs is 3. The highest BCUT2D eigenvalue weighted by Crippen LogP contribution is 2.51. The lowest BCUT2D eigenvalue weighted by atomic mass is 9.60. The predicted octanol–water partition coefficient (Wildman–Crippen LogP) is 2.64. The van der Waals surface area contributed by atoms with E-state index in [0.717, 1.165) is 5.56 Å². The molecule has 0 unspecified atom stereocenters. The molecule has 7 nitrogen and oxygen atoms in total. The van der Waals surface area contributed by atoms with Crippen molar-refractivity contribution in [2.75, 3.05) is 0 Å². The zero-order valence-corrected chi connectivity index (χ0v) is 16.9. The molecule has 0 aliphatic heterocycles. The van der Waals surface area contributed by atoms with Crippen LogP contribution in [0.15, 0.2) is 34.8 Å². The molecule has 3 aliphatic rings. The fourth-order valence-electron chi connectivity index (χ4n) is 5.23. The van der Waals surface area contributed by atoms with E-state index in [1.807, 2.05) is 6.92 Å². The van der Waals surface area contributed by atoms with Crippen molar-refractivity contribution in [1.82, 2.24) is 0 Å². The molecular formula is C23H24O7. The molecule has 1 aromatic carbocycles. The van der Waals surface area contributed by atoms with Gasteiger partial charge in [-0.15, -0.1) is 0 Å². The van der Waals surface area contributed by atoms with Crippen molar-refractivity contribution in [3.05, 3.63) is 51.5 Å². The van der Waals surface area contributed by atoms with Crippen LogP contribution >= 0.6 is 0 Å². The molecule has 158 valence electrons. The number of ketones is 3. The number of hydrogen-bond acceptors (Lipinski definition) is 7. The molecule has 1 aromatic rings. The molecule has 0 bridgehead atoms. The second kappa shape index (κ2) is 6.80. The Morgan fingerprint density at radius 2 is 1.83 bits per heavy atom. The number of phenolic OH excluding ortho intramolecular Hbond substituents is 1. The van der Waals surface area contributed by atoms with Gasteiger partial charge in [-0.2, -0.15) is 0 Å². The Kier molecular flexibility index (Phi) is 4.62. The van der Waals surface area contributed by atoms with E-state index in [-0.39, 0.29) is 41.9 Å². The lowest BCUT2D eigenvalue weighted by molar-refractivity contribution is -0.144. The fraction of sp³-hybridized carbons (Fsp3) is 0.435. The van der Waals surface area contributed by atoms with E-state index in [9.17, 15) is 34.8 Å². The first-order valence-corrected chi connectivity index (χ1v) is 10.2. The second-order valence-corrected chi connectivity index (χ2v) is 8.27. The van der Waals surface area contributed by atoms with Gasteiger partial charge in [0.1, 0.15) is 22.8 Å². The molecule has 30 heavy (non-hydrogen) atoms. The molecule has 7 heteroatoms. The maximum Gasteiger partial charge on any atom is 0.209 e. The first kappa shape index (κ1) is 20.3. The van der Waals surface area contributed by atoms with Gasteiger partial charge in [-0.3, -0.25) is 14.4 Å². The molecule has 0 saturated heterocycles. The van der Waals surface area contributed by atoms with Gasteiger partial charge in [-0.05, 0) is 42.4 Å². The predicted molar refractivity (Wildman–Crippen MR) is 106 cm³/mol. The van der Waals surface area contributed by atoms with Crippen LogP contribution in [-0.4, -0.2) is 43.4 Å². The van der Waals surface area contributed by atoms with Gasteiger partial charge in [0.15, 0.2) is 17.2 Å². The van der Waals surface area contributed by atoms with Crippen LogP contribution in [0.2, 0.25) is 0 Å². The summed E-state index contributed by atoms with van der Waals surface area (Å²) in [6.45, 7) is 3.46. The van der Waals surface area contributed by atoms with Crippen LogP contribution in [0.3, 0.4) is 0 Å². The number of phenols is 1. The quantitative estimate of drug-likeness (QED) is 0.561. The molecular weight excluding hydrogens is 388 g/mol. The molecule has 0 aromatic heterocycles. The van der Waals surface area contributed by atoms with Gasteiger partial charge in [-0.1, -0.05) is 19.9 Å². The van der Waals surface area contributed by atoms with Crippen molar-refractivity contribution in [1.29, 1.82) is 0 Å². The number of hydrogen-bond donors (Lipinski definition) is 4. The molecule has 4 N–H and O–H groups in total. The number of rotatable bonds is 3. The van der Waals surface area contributed by atoms with E-state index in [1.165, 1.54) is 13.0 Å². The van der Waals surface area contributed by atoms with Crippen molar-refractivity contribution < 1.29 is 34.8 Å². The largest absolute Gasteiger partial charge is 0.511 e. The van der Waals surface area contributed by atoms with E-state index in [1.54, 1.807) is 6.07 Å². The number of Topliss-reactive ketones (excluding diaryl/α,β-unsaturated/α-hetero) is 3. The van der Waals surface area contributed by atoms with E-state index >= 15 is 0 Å². The monoisotopic (exact) mass is 412 g/mol. The highest BCUT2D eigenvalue weighted by molar-refractivity contribution is 6.25. The summed E-state index contributed by atoms with van der Waals surface area (Å²) >= 11 is 0. The second-order valence-electron chi connectivity index (χ2n) is 8.27. The Balaban J connectivity index is 1.90. The molecule has 0 amide bonds. The molecule has 0 heterocycles. The average Bonchev–Trinajstić information content (AvgIpc) is 2.70. The summed E-state index contributed by atoms with van der Waals surface area (Å²) in [6.07, 6.45) is 1.02. The number of aromatic hydroxyl groups is 1. The van der Waals surface area contributed by atoms with Crippen LogP contribution in [0, 0.1) is 11.8 Å². The van der Waals surface area contributed by atoms with Gasteiger partial charge in [0.05, 0.1) is 5.56 Å². The highest BCUT2D eigenvalue weighted by Gasteiger charge is 2.59.